The van der Waals surface area contributed by atoms with Gasteiger partial charge < -0.3 is 9.73 Å². The molecule has 0 atom stereocenters. The molecule has 1 aromatic heterocycles. The van der Waals surface area contributed by atoms with Crippen LogP contribution in [0.15, 0.2) is 168 Å². The Morgan fingerprint density at radius 1 is 0.413 bits per heavy atom. The van der Waals surface area contributed by atoms with Gasteiger partial charge in [0.2, 0.25) is 0 Å². The molecule has 218 valence electrons. The highest BCUT2D eigenvalue weighted by Gasteiger charge is 2.42. The van der Waals surface area contributed by atoms with Gasteiger partial charge in [-0.05, 0) is 69.6 Å². The Morgan fingerprint density at radius 3 is 1.52 bits per heavy atom. The van der Waals surface area contributed by atoms with E-state index in [1.807, 2.05) is 0 Å². The number of nitrogens with one attached hydrogen (secondary N) is 1. The number of fused-ring (bicyclic) bond motifs is 6. The summed E-state index contributed by atoms with van der Waals surface area (Å²) in [4.78, 5) is 0. The van der Waals surface area contributed by atoms with Gasteiger partial charge in [0.15, 0.2) is 5.58 Å². The molecule has 46 heavy (non-hydrogen) atoms. The van der Waals surface area contributed by atoms with Gasteiger partial charge in [0.05, 0.1) is 5.69 Å². The molecule has 1 aliphatic rings. The zero-order valence-electron chi connectivity index (χ0n) is 25.5. The molecule has 1 N–H and O–H groups in total. The summed E-state index contributed by atoms with van der Waals surface area (Å²) in [5.74, 6) is 0. The first-order valence-electron chi connectivity index (χ1n) is 15.9. The predicted molar refractivity (Wildman–Crippen MR) is 192 cm³/mol. The fourth-order valence-corrected chi connectivity index (χ4v) is 7.44. The van der Waals surface area contributed by atoms with Crippen LogP contribution in [0.3, 0.4) is 0 Å². The van der Waals surface area contributed by atoms with Gasteiger partial charge in [-0.2, -0.15) is 0 Å². The van der Waals surface area contributed by atoms with E-state index in [1.165, 1.54) is 50.1 Å². The van der Waals surface area contributed by atoms with E-state index >= 15 is 0 Å². The molecule has 0 unspecified atom stereocenters. The Kier molecular flexibility index (Phi) is 5.97. The summed E-state index contributed by atoms with van der Waals surface area (Å²) in [5, 5.41) is 5.90. The summed E-state index contributed by atoms with van der Waals surface area (Å²) in [7, 11) is 0. The van der Waals surface area contributed by atoms with E-state index in [0.29, 0.717) is 0 Å². The lowest BCUT2D eigenvalue weighted by Crippen LogP contribution is -2.22. The smallest absolute Gasteiger partial charge is 0.158 e. The van der Waals surface area contributed by atoms with Crippen LogP contribution in [0, 0.1) is 0 Å². The molecule has 8 aromatic rings. The van der Waals surface area contributed by atoms with E-state index in [0.717, 1.165) is 33.3 Å². The van der Waals surface area contributed by atoms with E-state index in [2.05, 4.69) is 176 Å². The maximum atomic E-state index is 6.87. The van der Waals surface area contributed by atoms with Crippen molar-refractivity contribution in [3.8, 4) is 33.4 Å². The van der Waals surface area contributed by atoms with Gasteiger partial charge >= 0.3 is 0 Å². The number of hydrogen-bond acceptors (Lipinski definition) is 2. The molecule has 0 saturated carbocycles. The molecule has 0 fully saturated rings. The van der Waals surface area contributed by atoms with Crippen molar-refractivity contribution in [3.05, 3.63) is 180 Å². The Bertz CT molecular complexity index is 2340. The summed E-state index contributed by atoms with van der Waals surface area (Å²) in [5.41, 5.74) is 14.7. The van der Waals surface area contributed by atoms with Crippen molar-refractivity contribution in [2.24, 2.45) is 0 Å². The number of rotatable bonds is 5. The van der Waals surface area contributed by atoms with Crippen LogP contribution in [0.1, 0.15) is 23.6 Å². The minimum atomic E-state index is -0.330. The Hall–Kier alpha value is -5.86. The SMILES string of the molecule is CC1(c2cccc3c2oc2c(Nc4ccc(-c5ccc(-c6ccccc6)cc5)cc4)cccc23)c2ccccc2-c2ccccc21. The number of anilines is 2. The average Bonchev–Trinajstić information content (AvgIpc) is 3.64. The highest BCUT2D eigenvalue weighted by Crippen LogP contribution is 2.54. The summed E-state index contributed by atoms with van der Waals surface area (Å²) >= 11 is 0. The van der Waals surface area contributed by atoms with Crippen molar-refractivity contribution in [2.45, 2.75) is 12.3 Å². The summed E-state index contributed by atoms with van der Waals surface area (Å²) in [6.45, 7) is 2.34. The first kappa shape index (κ1) is 26.5. The fourth-order valence-electron chi connectivity index (χ4n) is 7.44. The monoisotopic (exact) mass is 589 g/mol. The van der Waals surface area contributed by atoms with Crippen molar-refractivity contribution >= 4 is 33.3 Å². The third-order valence-corrected chi connectivity index (χ3v) is 9.77. The molecule has 0 amide bonds. The summed E-state index contributed by atoms with van der Waals surface area (Å²) in [6.07, 6.45) is 0. The van der Waals surface area contributed by atoms with Crippen LogP contribution in [-0.4, -0.2) is 0 Å². The molecule has 7 aromatic carbocycles. The van der Waals surface area contributed by atoms with Crippen LogP contribution in [-0.2, 0) is 5.41 Å². The Labute approximate surface area is 268 Å². The first-order chi connectivity index (χ1) is 22.7. The molecule has 2 heteroatoms. The van der Waals surface area contributed by atoms with Gasteiger partial charge in [-0.25, -0.2) is 0 Å². The van der Waals surface area contributed by atoms with Gasteiger partial charge in [-0.3, -0.25) is 0 Å². The van der Waals surface area contributed by atoms with Gasteiger partial charge in [0.1, 0.15) is 5.58 Å². The molecule has 0 saturated heterocycles. The molecule has 2 nitrogen and oxygen atoms in total. The standard InChI is InChI=1S/C44H31NO/c1-44(38-17-7-5-13-34(38)35-14-6-8-18-39(35)44)40-19-9-15-36-37-16-10-20-41(43(37)46-42(36)40)45-33-27-25-32(26-28-33)31-23-21-30(22-24-31)29-11-3-2-4-12-29/h2-28,45H,1H3. The summed E-state index contributed by atoms with van der Waals surface area (Å²) < 4.78 is 6.87. The van der Waals surface area contributed by atoms with Gasteiger partial charge in [0, 0.05) is 27.4 Å². The molecule has 0 bridgehead atoms. The second kappa shape index (κ2) is 10.4. The van der Waals surface area contributed by atoms with Crippen molar-refractivity contribution in [3.63, 3.8) is 0 Å². The first-order valence-corrected chi connectivity index (χ1v) is 15.9. The largest absolute Gasteiger partial charge is 0.454 e. The van der Waals surface area contributed by atoms with E-state index in [-0.39, 0.29) is 5.41 Å². The zero-order valence-corrected chi connectivity index (χ0v) is 25.5. The second-order valence-electron chi connectivity index (χ2n) is 12.3. The highest BCUT2D eigenvalue weighted by atomic mass is 16.3. The average molecular weight is 590 g/mol. The lowest BCUT2D eigenvalue weighted by Gasteiger charge is -2.28. The van der Waals surface area contributed by atoms with Crippen LogP contribution in [0.4, 0.5) is 11.4 Å². The Morgan fingerprint density at radius 2 is 0.891 bits per heavy atom. The number of para-hydroxylation sites is 2. The molecule has 1 aliphatic carbocycles. The minimum Gasteiger partial charge on any atom is -0.454 e. The van der Waals surface area contributed by atoms with Gasteiger partial charge in [0.25, 0.3) is 0 Å². The molecule has 0 radical (unpaired) electrons. The van der Waals surface area contributed by atoms with E-state index in [4.69, 9.17) is 4.42 Å². The zero-order chi connectivity index (χ0) is 30.7. The predicted octanol–water partition coefficient (Wildman–Crippen LogP) is 12.0. The van der Waals surface area contributed by atoms with E-state index in [9.17, 15) is 0 Å². The van der Waals surface area contributed by atoms with Crippen molar-refractivity contribution in [1.29, 1.82) is 0 Å². The fraction of sp³-hybridized carbons (Fsp3) is 0.0455. The summed E-state index contributed by atoms with van der Waals surface area (Å²) in [6, 6.07) is 58.4. The van der Waals surface area contributed by atoms with Crippen LogP contribution in [0.5, 0.6) is 0 Å². The van der Waals surface area contributed by atoms with Crippen LogP contribution < -0.4 is 5.32 Å². The lowest BCUT2D eigenvalue weighted by molar-refractivity contribution is 0.638. The Balaban J connectivity index is 1.08. The van der Waals surface area contributed by atoms with E-state index < -0.39 is 0 Å². The molecule has 9 rings (SSSR count). The molecule has 1 heterocycles. The van der Waals surface area contributed by atoms with Crippen molar-refractivity contribution < 1.29 is 4.42 Å². The molecule has 0 spiro atoms. The third kappa shape index (κ3) is 4.04. The lowest BCUT2D eigenvalue weighted by atomic mass is 9.74. The normalized spacial score (nSPS) is 13.1. The van der Waals surface area contributed by atoms with Crippen molar-refractivity contribution in [2.75, 3.05) is 5.32 Å². The van der Waals surface area contributed by atoms with Crippen LogP contribution in [0.2, 0.25) is 0 Å². The van der Waals surface area contributed by atoms with Crippen LogP contribution in [0.25, 0.3) is 55.3 Å². The minimum absolute atomic E-state index is 0.330. The maximum absolute atomic E-state index is 6.87. The maximum Gasteiger partial charge on any atom is 0.158 e. The quantitative estimate of drug-likeness (QED) is 0.216. The topological polar surface area (TPSA) is 25.2 Å². The number of furan rings is 1. The van der Waals surface area contributed by atoms with Gasteiger partial charge in [-0.15, -0.1) is 0 Å². The molecular formula is C44H31NO. The number of benzene rings is 7. The molecular weight excluding hydrogens is 558 g/mol. The van der Waals surface area contributed by atoms with E-state index in [1.54, 1.807) is 0 Å². The van der Waals surface area contributed by atoms with Crippen molar-refractivity contribution in [1.82, 2.24) is 0 Å². The molecule has 0 aliphatic heterocycles. The third-order valence-electron chi connectivity index (χ3n) is 9.77. The highest BCUT2D eigenvalue weighted by molar-refractivity contribution is 6.10. The second-order valence-corrected chi connectivity index (χ2v) is 12.3. The van der Waals surface area contributed by atoms with Gasteiger partial charge in [-0.1, -0.05) is 146 Å². The van der Waals surface area contributed by atoms with Crippen LogP contribution >= 0.6 is 0 Å². The number of hydrogen-bond donors (Lipinski definition) is 1.